The number of nitrogens with zero attached hydrogens (tertiary/aromatic N) is 1. The first-order chi connectivity index (χ1) is 9.88. The van der Waals surface area contributed by atoms with Gasteiger partial charge in [-0.3, -0.25) is 10.1 Å². The molecular formula is C14H11BrN2O4. The number of nitro benzene ring substituents is 1. The van der Waals surface area contributed by atoms with E-state index in [1.54, 1.807) is 0 Å². The minimum Gasteiger partial charge on any atom is -0.478 e. The number of carbonyl (C=O) groups is 1. The fourth-order valence-electron chi connectivity index (χ4n) is 1.81. The first kappa shape index (κ1) is 15.0. The van der Waals surface area contributed by atoms with Crippen molar-refractivity contribution in [1.82, 2.24) is 0 Å². The van der Waals surface area contributed by atoms with E-state index < -0.39 is 10.9 Å². The Hall–Kier alpha value is -2.41. The quantitative estimate of drug-likeness (QED) is 0.639. The van der Waals surface area contributed by atoms with Gasteiger partial charge in [0, 0.05) is 22.3 Å². The fourth-order valence-corrected chi connectivity index (χ4v) is 2.17. The Kier molecular flexibility index (Phi) is 4.23. The van der Waals surface area contributed by atoms with Gasteiger partial charge in [0.15, 0.2) is 0 Å². The van der Waals surface area contributed by atoms with Crippen molar-refractivity contribution in [3.63, 3.8) is 0 Å². The van der Waals surface area contributed by atoms with Crippen molar-refractivity contribution in [3.05, 3.63) is 62.1 Å². The van der Waals surface area contributed by atoms with Gasteiger partial charge in [-0.2, -0.15) is 0 Å². The van der Waals surface area contributed by atoms with Gasteiger partial charge in [-0.15, -0.1) is 0 Å². The maximum Gasteiger partial charge on any atom is 0.338 e. The molecule has 0 radical (unpaired) electrons. The lowest BCUT2D eigenvalue weighted by Gasteiger charge is -2.12. The van der Waals surface area contributed by atoms with Crippen LogP contribution in [0.15, 0.2) is 40.9 Å². The van der Waals surface area contributed by atoms with Crippen LogP contribution in [-0.2, 0) is 0 Å². The molecule has 0 fully saturated rings. The van der Waals surface area contributed by atoms with Crippen molar-refractivity contribution < 1.29 is 14.8 Å². The van der Waals surface area contributed by atoms with Crippen LogP contribution < -0.4 is 5.32 Å². The largest absolute Gasteiger partial charge is 0.478 e. The predicted molar refractivity (Wildman–Crippen MR) is 82.2 cm³/mol. The molecule has 7 heteroatoms. The number of hydrogen-bond donors (Lipinski definition) is 2. The third kappa shape index (κ3) is 3.38. The molecule has 21 heavy (non-hydrogen) atoms. The van der Waals surface area contributed by atoms with Crippen LogP contribution in [0.3, 0.4) is 0 Å². The van der Waals surface area contributed by atoms with Gasteiger partial charge in [0.25, 0.3) is 5.69 Å². The maximum atomic E-state index is 11.3. The summed E-state index contributed by atoms with van der Waals surface area (Å²) in [6.45, 7) is 1.88. The summed E-state index contributed by atoms with van der Waals surface area (Å²) >= 11 is 3.34. The van der Waals surface area contributed by atoms with E-state index in [-0.39, 0.29) is 11.3 Å². The lowest BCUT2D eigenvalue weighted by molar-refractivity contribution is -0.384. The fraction of sp³-hybridized carbons (Fsp3) is 0.0714. The lowest BCUT2D eigenvalue weighted by Crippen LogP contribution is -2.04. The molecule has 6 nitrogen and oxygen atoms in total. The summed E-state index contributed by atoms with van der Waals surface area (Å²) in [7, 11) is 0. The molecule has 2 aromatic carbocycles. The van der Waals surface area contributed by atoms with E-state index in [1.807, 2.05) is 25.1 Å². The van der Waals surface area contributed by atoms with Crippen LogP contribution in [0.25, 0.3) is 0 Å². The number of aryl methyl sites for hydroxylation is 1. The van der Waals surface area contributed by atoms with Gasteiger partial charge in [0.05, 0.1) is 16.2 Å². The van der Waals surface area contributed by atoms with Crippen LogP contribution in [0, 0.1) is 17.0 Å². The molecule has 0 heterocycles. The second kappa shape index (κ2) is 5.92. The second-order valence-electron chi connectivity index (χ2n) is 4.38. The maximum absolute atomic E-state index is 11.3. The smallest absolute Gasteiger partial charge is 0.338 e. The van der Waals surface area contributed by atoms with Crippen LogP contribution in [0.1, 0.15) is 15.9 Å². The van der Waals surface area contributed by atoms with Gasteiger partial charge in [-0.25, -0.2) is 4.79 Å². The van der Waals surface area contributed by atoms with Gasteiger partial charge in [-0.05, 0) is 30.7 Å². The number of aromatic carboxylic acids is 1. The number of halogens is 1. The van der Waals surface area contributed by atoms with E-state index in [0.29, 0.717) is 5.69 Å². The van der Waals surface area contributed by atoms with Gasteiger partial charge in [0.2, 0.25) is 0 Å². The van der Waals surface area contributed by atoms with Crippen molar-refractivity contribution in [2.45, 2.75) is 6.92 Å². The van der Waals surface area contributed by atoms with Gasteiger partial charge < -0.3 is 10.4 Å². The molecule has 0 bridgehead atoms. The van der Waals surface area contributed by atoms with Crippen molar-refractivity contribution in [2.75, 3.05) is 5.32 Å². The van der Waals surface area contributed by atoms with E-state index in [4.69, 9.17) is 0 Å². The SMILES string of the molecule is Cc1ccc(Br)cc1Nc1ccc([N+](=O)[O-])cc1C(=O)O. The number of benzene rings is 2. The summed E-state index contributed by atoms with van der Waals surface area (Å²) < 4.78 is 0.842. The zero-order valence-electron chi connectivity index (χ0n) is 11.0. The molecule has 108 valence electrons. The van der Waals surface area contributed by atoms with Crippen molar-refractivity contribution >= 4 is 39.0 Å². The number of non-ortho nitro benzene ring substituents is 1. The van der Waals surface area contributed by atoms with Crippen molar-refractivity contribution in [2.24, 2.45) is 0 Å². The normalized spacial score (nSPS) is 10.2. The molecule has 0 atom stereocenters. The minimum atomic E-state index is -1.23. The summed E-state index contributed by atoms with van der Waals surface area (Å²) in [5, 5.41) is 22.9. The number of nitro groups is 1. The number of hydrogen-bond acceptors (Lipinski definition) is 4. The van der Waals surface area contributed by atoms with Crippen molar-refractivity contribution in [1.29, 1.82) is 0 Å². The minimum absolute atomic E-state index is 0.149. The Morgan fingerprint density at radius 3 is 2.57 bits per heavy atom. The summed E-state index contributed by atoms with van der Waals surface area (Å²) in [5.41, 5.74) is 1.54. The molecule has 0 amide bonds. The molecule has 0 aromatic heterocycles. The van der Waals surface area contributed by atoms with E-state index in [0.717, 1.165) is 21.8 Å². The molecule has 2 N–H and O–H groups in total. The Labute approximate surface area is 128 Å². The average Bonchev–Trinajstić information content (AvgIpc) is 2.42. The Morgan fingerprint density at radius 2 is 1.95 bits per heavy atom. The highest BCUT2D eigenvalue weighted by atomic mass is 79.9. The number of carboxylic acid groups (broad SMARTS) is 1. The first-order valence-corrected chi connectivity index (χ1v) is 6.72. The van der Waals surface area contributed by atoms with E-state index >= 15 is 0 Å². The summed E-state index contributed by atoms with van der Waals surface area (Å²) in [4.78, 5) is 21.4. The Morgan fingerprint density at radius 1 is 1.24 bits per heavy atom. The van der Waals surface area contributed by atoms with Gasteiger partial charge in [0.1, 0.15) is 0 Å². The highest BCUT2D eigenvalue weighted by molar-refractivity contribution is 9.10. The van der Waals surface area contributed by atoms with Crippen LogP contribution in [0.5, 0.6) is 0 Å². The molecule has 0 aliphatic carbocycles. The van der Waals surface area contributed by atoms with Crippen LogP contribution >= 0.6 is 15.9 Å². The zero-order chi connectivity index (χ0) is 15.6. The standard InChI is InChI=1S/C14H11BrN2O4/c1-8-2-3-9(15)6-13(8)16-12-5-4-10(17(20)21)7-11(12)14(18)19/h2-7,16H,1H3,(H,18,19). The topological polar surface area (TPSA) is 92.5 Å². The Bertz CT molecular complexity index is 731. The average molecular weight is 351 g/mol. The first-order valence-electron chi connectivity index (χ1n) is 5.93. The third-order valence-electron chi connectivity index (χ3n) is 2.91. The predicted octanol–water partition coefficient (Wildman–Crippen LogP) is 4.11. The zero-order valence-corrected chi connectivity index (χ0v) is 12.5. The molecule has 2 rings (SSSR count). The summed E-state index contributed by atoms with van der Waals surface area (Å²) in [6, 6.07) is 9.25. The van der Waals surface area contributed by atoms with Gasteiger partial charge in [-0.1, -0.05) is 22.0 Å². The monoisotopic (exact) mass is 350 g/mol. The Balaban J connectivity index is 2.46. The number of rotatable bonds is 4. The highest BCUT2D eigenvalue weighted by Crippen LogP contribution is 2.28. The van der Waals surface area contributed by atoms with Gasteiger partial charge >= 0.3 is 5.97 Å². The highest BCUT2D eigenvalue weighted by Gasteiger charge is 2.16. The van der Waals surface area contributed by atoms with Crippen molar-refractivity contribution in [3.8, 4) is 0 Å². The number of nitrogens with one attached hydrogen (secondary N) is 1. The van der Waals surface area contributed by atoms with E-state index in [2.05, 4.69) is 21.2 Å². The molecule has 2 aromatic rings. The molecular weight excluding hydrogens is 340 g/mol. The molecule has 0 aliphatic rings. The molecule has 0 unspecified atom stereocenters. The number of carboxylic acids is 1. The lowest BCUT2D eigenvalue weighted by atomic mass is 10.1. The molecule has 0 saturated carbocycles. The molecule has 0 aliphatic heterocycles. The van der Waals surface area contributed by atoms with Crippen LogP contribution in [-0.4, -0.2) is 16.0 Å². The van der Waals surface area contributed by atoms with Crippen LogP contribution in [0.2, 0.25) is 0 Å². The van der Waals surface area contributed by atoms with E-state index in [1.165, 1.54) is 12.1 Å². The third-order valence-corrected chi connectivity index (χ3v) is 3.41. The molecule has 0 spiro atoms. The summed E-state index contributed by atoms with van der Waals surface area (Å²) in [5.74, 6) is -1.23. The van der Waals surface area contributed by atoms with E-state index in [9.17, 15) is 20.0 Å². The van der Waals surface area contributed by atoms with Crippen LogP contribution in [0.4, 0.5) is 17.1 Å². The molecule has 0 saturated heterocycles. The second-order valence-corrected chi connectivity index (χ2v) is 5.29. The number of anilines is 2. The summed E-state index contributed by atoms with van der Waals surface area (Å²) in [6.07, 6.45) is 0.